The van der Waals surface area contributed by atoms with Gasteiger partial charge in [-0.15, -0.1) is 0 Å². The summed E-state index contributed by atoms with van der Waals surface area (Å²) in [6.45, 7) is 2.87. The molecule has 1 aliphatic rings. The molecule has 0 spiro atoms. The van der Waals surface area contributed by atoms with Crippen molar-refractivity contribution in [1.82, 2.24) is 5.32 Å². The first-order valence-corrected chi connectivity index (χ1v) is 5.75. The van der Waals surface area contributed by atoms with Gasteiger partial charge < -0.3 is 15.2 Å². The Morgan fingerprint density at radius 1 is 1.38 bits per heavy atom. The normalized spacial score (nSPS) is 24.1. The quantitative estimate of drug-likeness (QED) is 0.815. The molecule has 1 fully saturated rings. The van der Waals surface area contributed by atoms with Crippen molar-refractivity contribution >= 4 is 0 Å². The minimum Gasteiger partial charge on any atom is -0.497 e. The van der Waals surface area contributed by atoms with Crippen molar-refractivity contribution in [3.8, 4) is 5.75 Å². The zero-order chi connectivity index (χ0) is 11.6. The highest BCUT2D eigenvalue weighted by atomic mass is 16.5. The van der Waals surface area contributed by atoms with Crippen LogP contribution >= 0.6 is 0 Å². The van der Waals surface area contributed by atoms with Gasteiger partial charge in [0, 0.05) is 6.04 Å². The van der Waals surface area contributed by atoms with E-state index in [1.807, 2.05) is 31.2 Å². The van der Waals surface area contributed by atoms with E-state index in [1.54, 1.807) is 7.11 Å². The van der Waals surface area contributed by atoms with E-state index in [9.17, 15) is 5.11 Å². The van der Waals surface area contributed by atoms with Gasteiger partial charge in [-0.2, -0.15) is 0 Å². The van der Waals surface area contributed by atoms with Crippen molar-refractivity contribution in [2.24, 2.45) is 0 Å². The largest absolute Gasteiger partial charge is 0.497 e. The summed E-state index contributed by atoms with van der Waals surface area (Å²) in [6, 6.07) is 7.79. The Balaban J connectivity index is 2.20. The fourth-order valence-electron chi connectivity index (χ4n) is 2.29. The maximum Gasteiger partial charge on any atom is 0.118 e. The number of nitrogens with one attached hydrogen (secondary N) is 1. The van der Waals surface area contributed by atoms with E-state index in [0.717, 1.165) is 30.7 Å². The molecule has 0 radical (unpaired) electrons. The van der Waals surface area contributed by atoms with E-state index < -0.39 is 5.60 Å². The summed E-state index contributed by atoms with van der Waals surface area (Å²) in [6.07, 6.45) is 2.16. The number of ether oxygens (including phenoxy) is 1. The SMILES string of the molecule is COc1ccc([C@@](C)(O)[C@@H]2CCCN2)cc1. The lowest BCUT2D eigenvalue weighted by atomic mass is 9.87. The lowest BCUT2D eigenvalue weighted by Crippen LogP contribution is -2.42. The highest BCUT2D eigenvalue weighted by molar-refractivity contribution is 5.31. The van der Waals surface area contributed by atoms with Gasteiger partial charge in [0.25, 0.3) is 0 Å². The molecule has 0 bridgehead atoms. The van der Waals surface area contributed by atoms with Crippen LogP contribution in [0.3, 0.4) is 0 Å². The average molecular weight is 221 g/mol. The molecule has 2 N–H and O–H groups in total. The van der Waals surface area contributed by atoms with Crippen molar-refractivity contribution < 1.29 is 9.84 Å². The lowest BCUT2D eigenvalue weighted by molar-refractivity contribution is 0.0218. The summed E-state index contributed by atoms with van der Waals surface area (Å²) in [4.78, 5) is 0. The second-order valence-corrected chi connectivity index (χ2v) is 4.52. The van der Waals surface area contributed by atoms with Crippen molar-refractivity contribution in [3.05, 3.63) is 29.8 Å². The third-order valence-corrected chi connectivity index (χ3v) is 3.41. The Bertz CT molecular complexity index is 339. The highest BCUT2D eigenvalue weighted by Gasteiger charge is 2.35. The maximum absolute atomic E-state index is 10.5. The minimum atomic E-state index is -0.803. The topological polar surface area (TPSA) is 41.5 Å². The molecule has 0 aliphatic carbocycles. The number of hydrogen-bond donors (Lipinski definition) is 2. The highest BCUT2D eigenvalue weighted by Crippen LogP contribution is 2.30. The Morgan fingerprint density at radius 2 is 2.06 bits per heavy atom. The van der Waals surface area contributed by atoms with Gasteiger partial charge in [0.1, 0.15) is 11.4 Å². The van der Waals surface area contributed by atoms with Crippen LogP contribution in [-0.4, -0.2) is 24.8 Å². The molecule has 3 nitrogen and oxygen atoms in total. The second-order valence-electron chi connectivity index (χ2n) is 4.52. The van der Waals surface area contributed by atoms with Crippen LogP contribution in [0.4, 0.5) is 0 Å². The van der Waals surface area contributed by atoms with Crippen LogP contribution < -0.4 is 10.1 Å². The van der Waals surface area contributed by atoms with Gasteiger partial charge in [-0.3, -0.25) is 0 Å². The van der Waals surface area contributed by atoms with Gasteiger partial charge in [-0.05, 0) is 44.0 Å². The standard InChI is InChI=1S/C13H19NO2/c1-13(15,12-4-3-9-14-12)10-5-7-11(16-2)8-6-10/h5-8,12,14-15H,3-4,9H2,1-2H3/t12-,13+/m0/s1. The van der Waals surface area contributed by atoms with Gasteiger partial charge in [0.05, 0.1) is 7.11 Å². The lowest BCUT2D eigenvalue weighted by Gasteiger charge is -2.30. The van der Waals surface area contributed by atoms with Crippen LogP contribution in [0.2, 0.25) is 0 Å². The molecule has 1 aromatic carbocycles. The van der Waals surface area contributed by atoms with Gasteiger partial charge in [0.15, 0.2) is 0 Å². The number of methoxy groups -OCH3 is 1. The molecule has 1 saturated heterocycles. The van der Waals surface area contributed by atoms with Gasteiger partial charge in [-0.1, -0.05) is 12.1 Å². The third kappa shape index (κ3) is 2.06. The maximum atomic E-state index is 10.5. The molecule has 3 heteroatoms. The monoisotopic (exact) mass is 221 g/mol. The van der Waals surface area contributed by atoms with E-state index in [-0.39, 0.29) is 6.04 Å². The molecule has 1 aliphatic heterocycles. The molecule has 0 amide bonds. The first-order chi connectivity index (χ1) is 7.64. The van der Waals surface area contributed by atoms with Crippen LogP contribution in [0.1, 0.15) is 25.3 Å². The van der Waals surface area contributed by atoms with Crippen LogP contribution in [0, 0.1) is 0 Å². The molecule has 0 unspecified atom stereocenters. The number of aliphatic hydroxyl groups is 1. The summed E-state index contributed by atoms with van der Waals surface area (Å²) >= 11 is 0. The minimum absolute atomic E-state index is 0.154. The number of hydrogen-bond acceptors (Lipinski definition) is 3. The Kier molecular flexibility index (Phi) is 3.17. The first-order valence-electron chi connectivity index (χ1n) is 5.75. The molecule has 0 saturated carbocycles. The summed E-state index contributed by atoms with van der Waals surface area (Å²) in [5.74, 6) is 0.818. The Labute approximate surface area is 96.4 Å². The van der Waals surface area contributed by atoms with Crippen molar-refractivity contribution in [2.45, 2.75) is 31.4 Å². The van der Waals surface area contributed by atoms with Crippen molar-refractivity contribution in [2.75, 3.05) is 13.7 Å². The fraction of sp³-hybridized carbons (Fsp3) is 0.538. The smallest absolute Gasteiger partial charge is 0.118 e. The van der Waals surface area contributed by atoms with Crippen LogP contribution in [0.25, 0.3) is 0 Å². The summed E-state index contributed by atoms with van der Waals surface area (Å²) in [5, 5.41) is 13.9. The summed E-state index contributed by atoms with van der Waals surface area (Å²) in [7, 11) is 1.64. The molecule has 88 valence electrons. The zero-order valence-corrected chi connectivity index (χ0v) is 9.86. The van der Waals surface area contributed by atoms with Gasteiger partial charge in [-0.25, -0.2) is 0 Å². The second kappa shape index (κ2) is 4.44. The molecular weight excluding hydrogens is 202 g/mol. The molecular formula is C13H19NO2. The number of benzene rings is 1. The molecule has 1 aromatic rings. The van der Waals surface area contributed by atoms with E-state index in [2.05, 4.69) is 5.32 Å². The molecule has 2 rings (SSSR count). The Morgan fingerprint density at radius 3 is 2.56 bits per heavy atom. The Hall–Kier alpha value is -1.06. The van der Waals surface area contributed by atoms with Crippen LogP contribution in [0.5, 0.6) is 5.75 Å². The van der Waals surface area contributed by atoms with Crippen LogP contribution in [-0.2, 0) is 5.60 Å². The summed E-state index contributed by atoms with van der Waals surface area (Å²) < 4.78 is 5.11. The van der Waals surface area contributed by atoms with E-state index in [1.165, 1.54) is 0 Å². The molecule has 1 heterocycles. The zero-order valence-electron chi connectivity index (χ0n) is 9.86. The van der Waals surface area contributed by atoms with Gasteiger partial charge >= 0.3 is 0 Å². The summed E-state index contributed by atoms with van der Waals surface area (Å²) in [5.41, 5.74) is 0.135. The molecule has 0 aromatic heterocycles. The predicted molar refractivity (Wildman–Crippen MR) is 63.6 cm³/mol. The third-order valence-electron chi connectivity index (χ3n) is 3.41. The van der Waals surface area contributed by atoms with Gasteiger partial charge in [0.2, 0.25) is 0 Å². The van der Waals surface area contributed by atoms with E-state index in [0.29, 0.717) is 0 Å². The fourth-order valence-corrected chi connectivity index (χ4v) is 2.29. The van der Waals surface area contributed by atoms with Crippen molar-refractivity contribution in [3.63, 3.8) is 0 Å². The first kappa shape index (κ1) is 11.4. The number of rotatable bonds is 3. The predicted octanol–water partition coefficient (Wildman–Crippen LogP) is 1.65. The molecule has 16 heavy (non-hydrogen) atoms. The van der Waals surface area contributed by atoms with Crippen molar-refractivity contribution in [1.29, 1.82) is 0 Å². The van der Waals surface area contributed by atoms with E-state index in [4.69, 9.17) is 4.74 Å². The van der Waals surface area contributed by atoms with E-state index >= 15 is 0 Å². The molecule has 2 atom stereocenters. The van der Waals surface area contributed by atoms with Crippen LogP contribution in [0.15, 0.2) is 24.3 Å². The average Bonchev–Trinajstić information content (AvgIpc) is 2.83.